The summed E-state index contributed by atoms with van der Waals surface area (Å²) in [6, 6.07) is 2.41. The van der Waals surface area contributed by atoms with Crippen molar-refractivity contribution >= 4 is 22.9 Å². The van der Waals surface area contributed by atoms with Crippen LogP contribution in [0.2, 0.25) is 0 Å². The molecule has 0 saturated heterocycles. The zero-order valence-electron chi connectivity index (χ0n) is 14.5. The fraction of sp³-hybridized carbons (Fsp3) is 0.368. The van der Waals surface area contributed by atoms with Gasteiger partial charge in [-0.1, -0.05) is 0 Å². The van der Waals surface area contributed by atoms with E-state index in [9.17, 15) is 29.9 Å². The Labute approximate surface area is 154 Å². The monoisotopic (exact) mass is 370 g/mol. The summed E-state index contributed by atoms with van der Waals surface area (Å²) < 4.78 is 0. The number of phenolic OH excluding ortho intramolecular Hbond substituents is 2. The Hall–Kier alpha value is -3.16. The third kappa shape index (κ3) is 2.68. The van der Waals surface area contributed by atoms with Crippen molar-refractivity contribution in [2.75, 3.05) is 4.90 Å². The average molecular weight is 370 g/mol. The molecule has 0 aromatic heterocycles. The van der Waals surface area contributed by atoms with Crippen LogP contribution in [0.1, 0.15) is 44.9 Å². The molecule has 8 nitrogen and oxygen atoms in total. The van der Waals surface area contributed by atoms with Crippen molar-refractivity contribution in [1.29, 1.82) is 0 Å². The van der Waals surface area contributed by atoms with Crippen molar-refractivity contribution in [2.45, 2.75) is 44.9 Å². The molecule has 0 saturated carbocycles. The molecule has 3 aliphatic rings. The van der Waals surface area contributed by atoms with Crippen LogP contribution in [-0.2, 0) is 9.59 Å². The predicted octanol–water partition coefficient (Wildman–Crippen LogP) is 3.23. The van der Waals surface area contributed by atoms with Crippen LogP contribution in [0.15, 0.2) is 34.7 Å². The minimum absolute atomic E-state index is 0.00142. The van der Waals surface area contributed by atoms with Gasteiger partial charge < -0.3 is 15.1 Å². The Morgan fingerprint density at radius 2 is 1.37 bits per heavy atom. The number of nitro groups is 1. The minimum Gasteiger partial charge on any atom is -0.502 e. The zero-order chi connectivity index (χ0) is 19.3. The van der Waals surface area contributed by atoms with Gasteiger partial charge in [-0.05, 0) is 25.7 Å². The van der Waals surface area contributed by atoms with E-state index in [0.717, 1.165) is 11.4 Å². The maximum absolute atomic E-state index is 12.5. The van der Waals surface area contributed by atoms with Gasteiger partial charge in [-0.2, -0.15) is 0 Å². The number of nitrogens with zero attached hydrogens (tertiary/aromatic N) is 2. The van der Waals surface area contributed by atoms with Gasteiger partial charge in [-0.3, -0.25) is 19.7 Å². The fourth-order valence-corrected chi connectivity index (χ4v) is 4.21. The van der Waals surface area contributed by atoms with Crippen LogP contribution in [-0.4, -0.2) is 26.7 Å². The number of allylic oxidation sites excluding steroid dienone is 4. The number of anilines is 1. The van der Waals surface area contributed by atoms with Crippen molar-refractivity contribution in [3.05, 3.63) is 44.8 Å². The molecule has 0 atom stereocenters. The third-order valence-corrected chi connectivity index (χ3v) is 5.39. The summed E-state index contributed by atoms with van der Waals surface area (Å²) in [6.45, 7) is 0. The number of hydrogen-bond donors (Lipinski definition) is 2. The first kappa shape index (κ1) is 17.3. The highest BCUT2D eigenvalue weighted by Gasteiger charge is 2.37. The number of aromatic hydroxyl groups is 2. The van der Waals surface area contributed by atoms with Gasteiger partial charge in [0.25, 0.3) is 0 Å². The lowest BCUT2D eigenvalue weighted by molar-refractivity contribution is -0.386. The number of benzene rings is 1. The minimum atomic E-state index is -0.853. The number of nitro benzene ring substituents is 1. The first-order valence-electron chi connectivity index (χ1n) is 8.89. The van der Waals surface area contributed by atoms with Crippen LogP contribution < -0.4 is 4.90 Å². The van der Waals surface area contributed by atoms with E-state index in [1.807, 2.05) is 0 Å². The maximum atomic E-state index is 12.5. The molecule has 1 heterocycles. The van der Waals surface area contributed by atoms with Crippen molar-refractivity contribution < 1.29 is 24.7 Å². The number of Topliss-reactive ketones (excluding diaryl/α,β-unsaturated/α-hetero) is 2. The summed E-state index contributed by atoms with van der Waals surface area (Å²) in [5, 5.41) is 31.2. The standard InChI is InChI=1S/C19H18N2O6/c22-15-5-1-3-13-11(15)9-12-14(4-2-6-16(12)23)20(13)10-7-17(24)19(21(26)27)18(25)8-10/h7-8,24-25H,1-6,9H2. The van der Waals surface area contributed by atoms with E-state index in [4.69, 9.17) is 0 Å². The van der Waals surface area contributed by atoms with E-state index in [0.29, 0.717) is 61.8 Å². The Morgan fingerprint density at radius 3 is 1.81 bits per heavy atom. The lowest BCUT2D eigenvalue weighted by Gasteiger charge is -2.40. The third-order valence-electron chi connectivity index (χ3n) is 5.39. The molecule has 0 spiro atoms. The summed E-state index contributed by atoms with van der Waals surface area (Å²) >= 11 is 0. The Bertz CT molecular complexity index is 894. The molecule has 2 N–H and O–H groups in total. The first-order valence-corrected chi connectivity index (χ1v) is 8.89. The lowest BCUT2D eigenvalue weighted by Crippen LogP contribution is -2.35. The lowest BCUT2D eigenvalue weighted by atomic mass is 9.80. The molecule has 140 valence electrons. The van der Waals surface area contributed by atoms with E-state index < -0.39 is 22.1 Å². The highest BCUT2D eigenvalue weighted by molar-refractivity contribution is 6.05. The maximum Gasteiger partial charge on any atom is 0.352 e. The molecule has 8 heteroatoms. The molecule has 1 aliphatic heterocycles. The van der Waals surface area contributed by atoms with Crippen molar-refractivity contribution in [3.63, 3.8) is 0 Å². The molecule has 0 unspecified atom stereocenters. The van der Waals surface area contributed by atoms with Gasteiger partial charge in [0.15, 0.2) is 11.6 Å². The van der Waals surface area contributed by atoms with E-state index in [1.54, 1.807) is 4.90 Å². The van der Waals surface area contributed by atoms with Crippen molar-refractivity contribution in [2.24, 2.45) is 0 Å². The number of ketones is 2. The van der Waals surface area contributed by atoms with E-state index in [2.05, 4.69) is 0 Å². The average Bonchev–Trinajstić information content (AvgIpc) is 2.60. The normalized spacial score (nSPS) is 19.9. The molecular weight excluding hydrogens is 352 g/mol. The number of carbonyl (C=O) groups excluding carboxylic acids is 2. The molecule has 0 fully saturated rings. The first-order chi connectivity index (χ1) is 12.9. The molecule has 0 amide bonds. The van der Waals surface area contributed by atoms with Crippen LogP contribution in [0.25, 0.3) is 0 Å². The number of rotatable bonds is 2. The van der Waals surface area contributed by atoms with Crippen LogP contribution >= 0.6 is 0 Å². The molecule has 4 rings (SSSR count). The van der Waals surface area contributed by atoms with Crippen molar-refractivity contribution in [3.8, 4) is 11.5 Å². The molecule has 2 aliphatic carbocycles. The number of carbonyl (C=O) groups is 2. The molecule has 0 bridgehead atoms. The van der Waals surface area contributed by atoms with Crippen LogP contribution in [0.4, 0.5) is 11.4 Å². The molecule has 1 aromatic rings. The number of hydrogen-bond acceptors (Lipinski definition) is 7. The highest BCUT2D eigenvalue weighted by Crippen LogP contribution is 2.47. The Balaban J connectivity index is 1.92. The molecule has 1 aromatic carbocycles. The van der Waals surface area contributed by atoms with Gasteiger partial charge in [0.05, 0.1) is 10.6 Å². The van der Waals surface area contributed by atoms with Gasteiger partial charge in [-0.15, -0.1) is 0 Å². The molecule has 27 heavy (non-hydrogen) atoms. The SMILES string of the molecule is O=C1CCCC2=C1CC1=C(CCCC1=O)N2c1cc(O)c([N+](=O)[O-])c(O)c1. The van der Waals surface area contributed by atoms with E-state index in [1.165, 1.54) is 12.1 Å². The Morgan fingerprint density at radius 1 is 0.889 bits per heavy atom. The quantitative estimate of drug-likeness (QED) is 0.605. The molecular formula is C19H18N2O6. The van der Waals surface area contributed by atoms with Crippen LogP contribution in [0.3, 0.4) is 0 Å². The van der Waals surface area contributed by atoms with Crippen LogP contribution in [0, 0.1) is 10.1 Å². The highest BCUT2D eigenvalue weighted by atomic mass is 16.6. The fourth-order valence-electron chi connectivity index (χ4n) is 4.21. The molecule has 0 radical (unpaired) electrons. The second-order valence-corrected chi connectivity index (χ2v) is 7.01. The summed E-state index contributed by atoms with van der Waals surface area (Å²) in [6.07, 6.45) is 3.80. The van der Waals surface area contributed by atoms with Gasteiger partial charge in [0.2, 0.25) is 11.5 Å². The summed E-state index contributed by atoms with van der Waals surface area (Å²) in [4.78, 5) is 36.8. The second kappa shape index (κ2) is 6.22. The summed E-state index contributed by atoms with van der Waals surface area (Å²) in [5.41, 5.74) is 2.25. The van der Waals surface area contributed by atoms with Crippen molar-refractivity contribution in [1.82, 2.24) is 0 Å². The Kier molecular flexibility index (Phi) is 3.98. The zero-order valence-corrected chi connectivity index (χ0v) is 14.5. The van der Waals surface area contributed by atoms with Gasteiger partial charge >= 0.3 is 5.69 Å². The number of phenols is 2. The van der Waals surface area contributed by atoms with Gasteiger partial charge in [0, 0.05) is 53.9 Å². The van der Waals surface area contributed by atoms with E-state index in [-0.39, 0.29) is 11.6 Å². The summed E-state index contributed by atoms with van der Waals surface area (Å²) in [5.74, 6) is -1.31. The van der Waals surface area contributed by atoms with Crippen LogP contribution in [0.5, 0.6) is 11.5 Å². The summed E-state index contributed by atoms with van der Waals surface area (Å²) in [7, 11) is 0. The van der Waals surface area contributed by atoms with E-state index >= 15 is 0 Å². The van der Waals surface area contributed by atoms with Gasteiger partial charge in [0.1, 0.15) is 0 Å². The second-order valence-electron chi connectivity index (χ2n) is 7.01. The predicted molar refractivity (Wildman–Crippen MR) is 95.3 cm³/mol. The topological polar surface area (TPSA) is 121 Å². The largest absolute Gasteiger partial charge is 0.502 e. The van der Waals surface area contributed by atoms with Gasteiger partial charge in [-0.25, -0.2) is 0 Å². The smallest absolute Gasteiger partial charge is 0.352 e.